The predicted octanol–water partition coefficient (Wildman–Crippen LogP) is 31.4. The highest BCUT2D eigenvalue weighted by Crippen LogP contribution is 2.45. The van der Waals surface area contributed by atoms with Crippen LogP contribution in [0.3, 0.4) is 0 Å². The second-order valence-corrected chi connectivity index (χ2v) is 38.7. The summed E-state index contributed by atoms with van der Waals surface area (Å²) in [6, 6.07) is 0. The first-order chi connectivity index (χ1) is 57.6. The molecule has 0 aliphatic heterocycles. The molecule has 0 saturated heterocycles. The Balaban J connectivity index is 5.22. The number of carbonyl (C=O) groups excluding carboxylic acids is 4. The Morgan fingerprint density at radius 1 is 0.237 bits per heavy atom. The van der Waals surface area contributed by atoms with E-state index in [1.807, 2.05) is 0 Å². The van der Waals surface area contributed by atoms with Gasteiger partial charge >= 0.3 is 39.5 Å². The lowest BCUT2D eigenvalue weighted by molar-refractivity contribution is -0.161. The van der Waals surface area contributed by atoms with Crippen LogP contribution in [0.2, 0.25) is 0 Å². The van der Waals surface area contributed by atoms with Gasteiger partial charge in [-0.2, -0.15) is 0 Å². The smallest absolute Gasteiger partial charge is 0.462 e. The van der Waals surface area contributed by atoms with Crippen LogP contribution in [0.4, 0.5) is 0 Å². The Kier molecular flexibility index (Phi) is 89.8. The number of phosphoric ester groups is 2. The number of aliphatic hydroxyl groups excluding tert-OH is 1. The normalized spacial score (nSPS) is 13.8. The highest BCUT2D eigenvalue weighted by atomic mass is 31.2. The van der Waals surface area contributed by atoms with E-state index in [-0.39, 0.29) is 25.7 Å². The standard InChI is InChI=1S/C99H194O17P2/c1-6-10-13-16-19-22-25-28-30-32-34-36-38-40-45-49-53-58-63-68-73-78-83-97(102)110-89-95(116-99(104)85-80-75-70-65-60-55-51-47-43-42-44-48-52-56-61-66-71-76-81-92(5)9-4)91-114-118(107,108)112-87-93(100)86-111-117(105,106)113-90-94(88-109-96(101)82-77-72-67-62-57-27-24-21-18-15-12-8-3)115-98(103)84-79-74-69-64-59-54-50-46-41-39-37-35-33-31-29-26-23-20-17-14-11-7-2/h92-95,100H,6-91H2,1-5H3,(H,105,106)(H,107,108)/t92?,93-,94+,95+/m0/s1. The van der Waals surface area contributed by atoms with E-state index in [2.05, 4.69) is 34.6 Å². The quantitative estimate of drug-likeness (QED) is 0.0222. The molecule has 0 radical (unpaired) electrons. The highest BCUT2D eigenvalue weighted by molar-refractivity contribution is 7.47. The van der Waals surface area contributed by atoms with E-state index in [9.17, 15) is 43.2 Å². The maximum Gasteiger partial charge on any atom is 0.472 e. The first-order valence-electron chi connectivity index (χ1n) is 51.2. The van der Waals surface area contributed by atoms with E-state index >= 15 is 0 Å². The molecule has 0 aromatic heterocycles. The predicted molar refractivity (Wildman–Crippen MR) is 492 cm³/mol. The minimum absolute atomic E-state index is 0.110. The average molecular weight is 1720 g/mol. The monoisotopic (exact) mass is 1720 g/mol. The summed E-state index contributed by atoms with van der Waals surface area (Å²) in [5.41, 5.74) is 0. The molecular formula is C99H194O17P2. The van der Waals surface area contributed by atoms with E-state index < -0.39 is 97.5 Å². The summed E-state index contributed by atoms with van der Waals surface area (Å²) in [4.78, 5) is 73.7. The molecule has 0 heterocycles. The van der Waals surface area contributed by atoms with Crippen LogP contribution in [0.15, 0.2) is 0 Å². The van der Waals surface area contributed by atoms with Crippen LogP contribution in [0.25, 0.3) is 0 Å². The molecule has 702 valence electrons. The largest absolute Gasteiger partial charge is 0.472 e. The lowest BCUT2D eigenvalue weighted by Gasteiger charge is -2.21. The third kappa shape index (κ3) is 90.3. The molecule has 0 aliphatic carbocycles. The second-order valence-electron chi connectivity index (χ2n) is 35.8. The molecule has 0 saturated carbocycles. The summed E-state index contributed by atoms with van der Waals surface area (Å²) in [6.45, 7) is 7.50. The zero-order valence-corrected chi connectivity index (χ0v) is 79.9. The van der Waals surface area contributed by atoms with Crippen molar-refractivity contribution in [3.05, 3.63) is 0 Å². The molecule has 0 spiro atoms. The van der Waals surface area contributed by atoms with Gasteiger partial charge in [-0.25, -0.2) is 9.13 Å². The first kappa shape index (κ1) is 116. The van der Waals surface area contributed by atoms with E-state index in [0.29, 0.717) is 25.7 Å². The van der Waals surface area contributed by atoms with Crippen molar-refractivity contribution in [3.8, 4) is 0 Å². The van der Waals surface area contributed by atoms with Gasteiger partial charge in [0.25, 0.3) is 0 Å². The van der Waals surface area contributed by atoms with E-state index in [1.165, 1.54) is 372 Å². The minimum Gasteiger partial charge on any atom is -0.462 e. The molecule has 0 bridgehead atoms. The van der Waals surface area contributed by atoms with Crippen LogP contribution >= 0.6 is 15.6 Å². The van der Waals surface area contributed by atoms with Gasteiger partial charge in [-0.15, -0.1) is 0 Å². The van der Waals surface area contributed by atoms with Crippen molar-refractivity contribution < 1.29 is 80.2 Å². The van der Waals surface area contributed by atoms with Crippen molar-refractivity contribution >= 4 is 39.5 Å². The fraction of sp³-hybridized carbons (Fsp3) is 0.960. The third-order valence-corrected chi connectivity index (χ3v) is 25.8. The Labute approximate surface area is 728 Å². The van der Waals surface area contributed by atoms with Gasteiger partial charge < -0.3 is 33.8 Å². The molecule has 0 aromatic carbocycles. The molecular weight excluding hydrogens is 1520 g/mol. The number of ether oxygens (including phenoxy) is 4. The molecule has 0 fully saturated rings. The molecule has 0 aliphatic rings. The Hall–Kier alpha value is -1.94. The molecule has 118 heavy (non-hydrogen) atoms. The lowest BCUT2D eigenvalue weighted by Crippen LogP contribution is -2.30. The third-order valence-electron chi connectivity index (χ3n) is 23.9. The van der Waals surface area contributed by atoms with Gasteiger partial charge in [-0.1, -0.05) is 497 Å². The Bertz CT molecular complexity index is 2230. The summed E-state index contributed by atoms with van der Waals surface area (Å²) in [5.74, 6) is -1.21. The average Bonchev–Trinajstić information content (AvgIpc) is 0.897. The van der Waals surface area contributed by atoms with E-state index in [4.69, 9.17) is 37.0 Å². The van der Waals surface area contributed by atoms with Gasteiger partial charge in [-0.05, 0) is 31.6 Å². The summed E-state index contributed by atoms with van der Waals surface area (Å²) < 4.78 is 69.3. The molecule has 0 amide bonds. The van der Waals surface area contributed by atoms with Crippen LogP contribution in [-0.2, 0) is 65.4 Å². The molecule has 3 N–H and O–H groups in total. The topological polar surface area (TPSA) is 237 Å². The zero-order chi connectivity index (χ0) is 86.1. The van der Waals surface area contributed by atoms with Crippen molar-refractivity contribution in [2.75, 3.05) is 39.6 Å². The fourth-order valence-corrected chi connectivity index (χ4v) is 17.3. The fourth-order valence-electron chi connectivity index (χ4n) is 15.7. The zero-order valence-electron chi connectivity index (χ0n) is 78.1. The molecule has 0 aromatic rings. The number of rotatable bonds is 99. The van der Waals surface area contributed by atoms with Crippen LogP contribution in [0, 0.1) is 5.92 Å². The minimum atomic E-state index is -4.97. The molecule has 0 rings (SSSR count). The summed E-state index contributed by atoms with van der Waals surface area (Å²) in [5, 5.41) is 10.7. The van der Waals surface area contributed by atoms with Crippen molar-refractivity contribution in [1.29, 1.82) is 0 Å². The number of unbranched alkanes of at least 4 members (excludes halogenated alkanes) is 70. The maximum atomic E-state index is 13.2. The van der Waals surface area contributed by atoms with Crippen molar-refractivity contribution in [2.45, 2.75) is 567 Å². The van der Waals surface area contributed by atoms with Crippen molar-refractivity contribution in [1.82, 2.24) is 0 Å². The SMILES string of the molecule is CCCCCCCCCCCCCCCCCCCCCCCCC(=O)OC[C@H](COP(=O)(O)OC[C@@H](O)COP(=O)(O)OC[C@@H](COC(=O)CCCCCCCCCCCCCC)OC(=O)CCCCCCCCCCCCCCCCCCCCCCCC)OC(=O)CCCCCCCCCCCCCCCCCCCCC(C)CC. The van der Waals surface area contributed by atoms with Crippen LogP contribution in [-0.4, -0.2) is 96.7 Å². The maximum absolute atomic E-state index is 13.2. The summed E-state index contributed by atoms with van der Waals surface area (Å²) in [7, 11) is -9.95. The van der Waals surface area contributed by atoms with E-state index in [0.717, 1.165) is 95.8 Å². The van der Waals surface area contributed by atoms with Gasteiger partial charge in [0.2, 0.25) is 0 Å². The van der Waals surface area contributed by atoms with Crippen LogP contribution in [0.1, 0.15) is 548 Å². The Morgan fingerprint density at radius 3 is 0.602 bits per heavy atom. The van der Waals surface area contributed by atoms with Gasteiger partial charge in [0, 0.05) is 25.7 Å². The number of esters is 4. The van der Waals surface area contributed by atoms with Crippen molar-refractivity contribution in [2.24, 2.45) is 5.92 Å². The number of hydrogen-bond donors (Lipinski definition) is 3. The number of carbonyl (C=O) groups is 4. The summed E-state index contributed by atoms with van der Waals surface area (Å²) in [6.07, 6.45) is 90.6. The van der Waals surface area contributed by atoms with Crippen LogP contribution < -0.4 is 0 Å². The number of hydrogen-bond acceptors (Lipinski definition) is 15. The van der Waals surface area contributed by atoms with E-state index in [1.54, 1.807) is 0 Å². The van der Waals surface area contributed by atoms with Gasteiger partial charge in [-0.3, -0.25) is 37.3 Å². The molecule has 17 nitrogen and oxygen atoms in total. The lowest BCUT2D eigenvalue weighted by atomic mass is 9.99. The van der Waals surface area contributed by atoms with Crippen molar-refractivity contribution in [3.63, 3.8) is 0 Å². The number of aliphatic hydroxyl groups is 1. The first-order valence-corrected chi connectivity index (χ1v) is 54.2. The highest BCUT2D eigenvalue weighted by Gasteiger charge is 2.31. The van der Waals surface area contributed by atoms with Gasteiger partial charge in [0.15, 0.2) is 12.2 Å². The number of phosphoric acid groups is 2. The second kappa shape index (κ2) is 91.3. The van der Waals surface area contributed by atoms with Gasteiger partial charge in [0.05, 0.1) is 26.4 Å². The Morgan fingerprint density at radius 2 is 0.407 bits per heavy atom. The molecule has 6 atom stereocenters. The summed E-state index contributed by atoms with van der Waals surface area (Å²) >= 11 is 0. The van der Waals surface area contributed by atoms with Gasteiger partial charge in [0.1, 0.15) is 19.3 Å². The molecule has 19 heteroatoms. The molecule has 3 unspecified atom stereocenters. The van der Waals surface area contributed by atoms with Crippen LogP contribution in [0.5, 0.6) is 0 Å².